The number of hydrogen-bond donors (Lipinski definition) is 1. The Balaban J connectivity index is 1.36. The number of rotatable bonds is 6. The number of aliphatic hydroxyl groups excluding tert-OH is 1. The van der Waals surface area contributed by atoms with Gasteiger partial charge in [-0.15, -0.1) is 0 Å². The van der Waals surface area contributed by atoms with E-state index in [1.54, 1.807) is 0 Å². The van der Waals surface area contributed by atoms with Crippen molar-refractivity contribution in [2.24, 2.45) is 0 Å². The first-order chi connectivity index (χ1) is 23.3. The summed E-state index contributed by atoms with van der Waals surface area (Å²) >= 11 is 0. The summed E-state index contributed by atoms with van der Waals surface area (Å²) in [5.41, 5.74) is 12.8. The van der Waals surface area contributed by atoms with Crippen LogP contribution in [0.5, 0.6) is 5.75 Å². The van der Waals surface area contributed by atoms with E-state index < -0.39 is 0 Å². The van der Waals surface area contributed by atoms with Crippen LogP contribution in [0.3, 0.4) is 0 Å². The topological polar surface area (TPSA) is 29.5 Å². The lowest BCUT2D eigenvalue weighted by Gasteiger charge is -2.19. The van der Waals surface area contributed by atoms with Gasteiger partial charge in [-0.1, -0.05) is 146 Å². The maximum absolute atomic E-state index is 9.45. The van der Waals surface area contributed by atoms with Gasteiger partial charge in [-0.05, 0) is 95.1 Å². The van der Waals surface area contributed by atoms with Gasteiger partial charge in [0.2, 0.25) is 0 Å². The molecule has 0 atom stereocenters. The second kappa shape index (κ2) is 11.3. The Labute approximate surface area is 274 Å². The predicted octanol–water partition coefficient (Wildman–Crippen LogP) is 11.1. The minimum absolute atomic E-state index is 0.0174. The molecule has 0 saturated heterocycles. The van der Waals surface area contributed by atoms with Crippen LogP contribution in [0.2, 0.25) is 0 Å². The van der Waals surface area contributed by atoms with Crippen molar-refractivity contribution in [2.75, 3.05) is 13.2 Å². The average Bonchev–Trinajstić information content (AvgIpc) is 3.53. The molecule has 0 bridgehead atoms. The smallest absolute Gasteiger partial charge is 0.127 e. The van der Waals surface area contributed by atoms with Crippen molar-refractivity contribution in [1.29, 1.82) is 0 Å². The summed E-state index contributed by atoms with van der Waals surface area (Å²) in [6.45, 7) is 0.251. The van der Waals surface area contributed by atoms with Gasteiger partial charge in [0.25, 0.3) is 0 Å². The Hall–Kier alpha value is -5.70. The van der Waals surface area contributed by atoms with Gasteiger partial charge in [-0.3, -0.25) is 0 Å². The Morgan fingerprint density at radius 3 is 1.64 bits per heavy atom. The lowest BCUT2D eigenvalue weighted by Crippen LogP contribution is -2.02. The van der Waals surface area contributed by atoms with Gasteiger partial charge in [0, 0.05) is 5.39 Å². The molecule has 0 radical (unpaired) electrons. The van der Waals surface area contributed by atoms with Gasteiger partial charge < -0.3 is 9.84 Å². The molecule has 0 heterocycles. The van der Waals surface area contributed by atoms with Crippen LogP contribution >= 0.6 is 0 Å². The molecule has 47 heavy (non-hydrogen) atoms. The summed E-state index contributed by atoms with van der Waals surface area (Å²) in [5, 5.41) is 16.7. The lowest BCUT2D eigenvalue weighted by atomic mass is 9.84. The molecular weight excluding hydrogens is 572 g/mol. The first-order valence-electron chi connectivity index (χ1n) is 16.3. The fraction of sp³-hybridized carbons (Fsp3) is 0.0667. The summed E-state index contributed by atoms with van der Waals surface area (Å²) in [6, 6.07) is 54.9. The number of hydrogen-bond acceptors (Lipinski definition) is 2. The second-order valence-electron chi connectivity index (χ2n) is 12.3. The Morgan fingerprint density at radius 2 is 0.936 bits per heavy atom. The molecule has 0 fully saturated rings. The number of aliphatic hydroxyl groups is 1. The summed E-state index contributed by atoms with van der Waals surface area (Å²) in [4.78, 5) is 0. The first kappa shape index (κ1) is 27.6. The largest absolute Gasteiger partial charge is 0.491 e. The zero-order chi connectivity index (χ0) is 31.3. The van der Waals surface area contributed by atoms with Gasteiger partial charge in [0.15, 0.2) is 0 Å². The van der Waals surface area contributed by atoms with Gasteiger partial charge in [0.1, 0.15) is 12.4 Å². The van der Waals surface area contributed by atoms with E-state index in [0.717, 1.165) is 22.9 Å². The number of ether oxygens (including phenoxy) is 1. The maximum atomic E-state index is 9.45. The van der Waals surface area contributed by atoms with E-state index in [2.05, 4.69) is 152 Å². The first-order valence-corrected chi connectivity index (χ1v) is 16.3. The maximum Gasteiger partial charge on any atom is 0.127 e. The fourth-order valence-electron chi connectivity index (χ4n) is 7.76. The standard InChI is InChI=1S/C45H32O2/c46-26-27-47-43-25-24-37(36-17-5-6-18-39(36)43)38-22-23-41(35-20-8-13-30-11-2-4-16-33(30)35)45-42(38)28-31-14-9-21-40(44(31)45)34-19-7-12-29-10-1-3-15-32(29)34/h1-25,46H,26-28H2. The van der Waals surface area contributed by atoms with Crippen molar-refractivity contribution in [3.8, 4) is 50.3 Å². The normalized spacial score (nSPS) is 12.0. The molecule has 8 aromatic rings. The van der Waals surface area contributed by atoms with Gasteiger partial charge in [-0.2, -0.15) is 0 Å². The highest BCUT2D eigenvalue weighted by Gasteiger charge is 2.29. The van der Waals surface area contributed by atoms with Crippen molar-refractivity contribution < 1.29 is 9.84 Å². The van der Waals surface area contributed by atoms with Crippen LogP contribution < -0.4 is 4.74 Å². The Kier molecular flexibility index (Phi) is 6.62. The van der Waals surface area contributed by atoms with Crippen LogP contribution in [-0.4, -0.2) is 18.3 Å². The molecule has 1 N–H and O–H groups in total. The highest BCUT2D eigenvalue weighted by Crippen LogP contribution is 2.52. The van der Waals surface area contributed by atoms with E-state index in [9.17, 15) is 5.11 Å². The number of fused-ring (bicyclic) bond motifs is 6. The molecular formula is C45H32O2. The van der Waals surface area contributed by atoms with E-state index >= 15 is 0 Å². The van der Waals surface area contributed by atoms with Gasteiger partial charge in [0.05, 0.1) is 6.61 Å². The van der Waals surface area contributed by atoms with Crippen molar-refractivity contribution in [1.82, 2.24) is 0 Å². The van der Waals surface area contributed by atoms with Crippen LogP contribution in [0.25, 0.3) is 76.8 Å². The Morgan fingerprint density at radius 1 is 0.426 bits per heavy atom. The third kappa shape index (κ3) is 4.45. The van der Waals surface area contributed by atoms with Crippen LogP contribution in [0.15, 0.2) is 152 Å². The zero-order valence-corrected chi connectivity index (χ0v) is 25.9. The average molecular weight is 605 g/mol. The van der Waals surface area contributed by atoms with E-state index in [4.69, 9.17) is 4.74 Å². The fourth-order valence-corrected chi connectivity index (χ4v) is 7.76. The highest BCUT2D eigenvalue weighted by atomic mass is 16.5. The Bertz CT molecular complexity index is 2480. The summed E-state index contributed by atoms with van der Waals surface area (Å²) < 4.78 is 5.97. The molecule has 0 saturated carbocycles. The molecule has 2 nitrogen and oxygen atoms in total. The quantitative estimate of drug-likeness (QED) is 0.205. The van der Waals surface area contributed by atoms with Crippen molar-refractivity contribution >= 4 is 32.3 Å². The van der Waals surface area contributed by atoms with Crippen molar-refractivity contribution in [3.05, 3.63) is 163 Å². The third-order valence-corrected chi connectivity index (χ3v) is 9.76. The second-order valence-corrected chi connectivity index (χ2v) is 12.3. The van der Waals surface area contributed by atoms with Gasteiger partial charge >= 0.3 is 0 Å². The summed E-state index contributed by atoms with van der Waals surface area (Å²) in [5.74, 6) is 0.795. The van der Waals surface area contributed by atoms with E-state index in [1.165, 1.54) is 77.2 Å². The van der Waals surface area contributed by atoms with E-state index in [1.807, 2.05) is 0 Å². The van der Waals surface area contributed by atoms with Crippen molar-refractivity contribution in [2.45, 2.75) is 6.42 Å². The molecule has 1 aliphatic rings. The monoisotopic (exact) mass is 604 g/mol. The molecule has 224 valence electrons. The minimum Gasteiger partial charge on any atom is -0.491 e. The minimum atomic E-state index is -0.0174. The SMILES string of the molecule is OCCOc1ccc(-c2ccc(-c3cccc4ccccc34)c3c2Cc2cccc(-c4cccc5ccccc45)c2-3)c2ccccc12. The molecule has 9 rings (SSSR count). The third-order valence-electron chi connectivity index (χ3n) is 9.76. The van der Waals surface area contributed by atoms with Crippen LogP contribution in [0.1, 0.15) is 11.1 Å². The molecule has 0 spiro atoms. The van der Waals surface area contributed by atoms with E-state index in [0.29, 0.717) is 0 Å². The van der Waals surface area contributed by atoms with Crippen molar-refractivity contribution in [3.63, 3.8) is 0 Å². The molecule has 0 aliphatic heterocycles. The highest BCUT2D eigenvalue weighted by molar-refractivity contribution is 6.10. The van der Waals surface area contributed by atoms with Crippen LogP contribution in [0.4, 0.5) is 0 Å². The molecule has 1 aliphatic carbocycles. The molecule has 0 amide bonds. The van der Waals surface area contributed by atoms with Crippen LogP contribution in [0, 0.1) is 0 Å². The molecule has 0 aromatic heterocycles. The summed E-state index contributed by atoms with van der Waals surface area (Å²) in [6.07, 6.45) is 0.855. The summed E-state index contributed by atoms with van der Waals surface area (Å²) in [7, 11) is 0. The number of benzene rings is 8. The molecule has 8 aromatic carbocycles. The lowest BCUT2D eigenvalue weighted by molar-refractivity contribution is 0.203. The molecule has 2 heteroatoms. The zero-order valence-electron chi connectivity index (χ0n) is 25.9. The predicted molar refractivity (Wildman–Crippen MR) is 196 cm³/mol. The van der Waals surface area contributed by atoms with Crippen LogP contribution in [-0.2, 0) is 6.42 Å². The van der Waals surface area contributed by atoms with E-state index in [-0.39, 0.29) is 13.2 Å². The van der Waals surface area contributed by atoms with Gasteiger partial charge in [-0.25, -0.2) is 0 Å². The molecule has 0 unspecified atom stereocenters.